The maximum Gasteiger partial charge on any atom is 0.418 e. The van der Waals surface area contributed by atoms with Crippen molar-refractivity contribution in [3.63, 3.8) is 0 Å². The third-order valence-corrected chi connectivity index (χ3v) is 3.90. The van der Waals surface area contributed by atoms with Crippen molar-refractivity contribution in [2.75, 3.05) is 19.0 Å². The summed E-state index contributed by atoms with van der Waals surface area (Å²) in [5.74, 6) is -0.657. The highest BCUT2D eigenvalue weighted by Gasteiger charge is 2.33. The van der Waals surface area contributed by atoms with E-state index in [1.165, 1.54) is 25.3 Å². The summed E-state index contributed by atoms with van der Waals surface area (Å²) in [7, 11) is 1.47. The molecule has 0 saturated heterocycles. The molecule has 29 heavy (non-hydrogen) atoms. The number of halogens is 3. The summed E-state index contributed by atoms with van der Waals surface area (Å²) in [6.45, 7) is 3.32. The van der Waals surface area contributed by atoms with Crippen molar-refractivity contribution >= 4 is 23.5 Å². The van der Waals surface area contributed by atoms with Gasteiger partial charge in [0.2, 0.25) is 0 Å². The monoisotopic (exact) mass is 407 g/mol. The lowest BCUT2D eigenvalue weighted by Crippen LogP contribution is -2.21. The van der Waals surface area contributed by atoms with Crippen LogP contribution >= 0.6 is 0 Å². The molecular weight excluding hydrogens is 387 g/mol. The molecule has 0 atom stereocenters. The summed E-state index contributed by atoms with van der Waals surface area (Å²) >= 11 is 0. The van der Waals surface area contributed by atoms with Crippen LogP contribution in [0.5, 0.6) is 11.5 Å². The Morgan fingerprint density at radius 2 is 1.79 bits per heavy atom. The van der Waals surface area contributed by atoms with Gasteiger partial charge in [-0.2, -0.15) is 13.2 Å². The Hall–Kier alpha value is -3.29. The van der Waals surface area contributed by atoms with E-state index in [9.17, 15) is 22.8 Å². The largest absolute Gasteiger partial charge is 0.493 e. The van der Waals surface area contributed by atoms with Crippen molar-refractivity contribution in [3.05, 3.63) is 59.2 Å². The van der Waals surface area contributed by atoms with Crippen LogP contribution < -0.4 is 14.8 Å². The molecule has 0 saturated carbocycles. The van der Waals surface area contributed by atoms with Crippen molar-refractivity contribution in [1.29, 1.82) is 0 Å². The molecule has 0 aromatic heterocycles. The molecule has 154 valence electrons. The number of benzene rings is 2. The number of ether oxygens (including phenoxy) is 2. The zero-order valence-corrected chi connectivity index (χ0v) is 16.1. The first kappa shape index (κ1) is 22.0. The first-order valence-electron chi connectivity index (χ1n) is 8.68. The lowest BCUT2D eigenvalue weighted by Gasteiger charge is -2.14. The number of hydrogen-bond acceptors (Lipinski definition) is 4. The number of carbonyl (C=O) groups is 2. The summed E-state index contributed by atoms with van der Waals surface area (Å²) in [5, 5.41) is 2.18. The second-order valence-electron chi connectivity index (χ2n) is 5.95. The molecule has 5 nitrogen and oxygen atoms in total. The predicted molar refractivity (Wildman–Crippen MR) is 103 cm³/mol. The van der Waals surface area contributed by atoms with E-state index in [4.69, 9.17) is 9.47 Å². The first-order chi connectivity index (χ1) is 13.7. The number of alkyl halides is 3. The highest BCUT2D eigenvalue weighted by molar-refractivity contribution is 6.25. The molecular formula is C21H20F3NO4. The van der Waals surface area contributed by atoms with Gasteiger partial charge in [0.15, 0.2) is 17.3 Å². The number of hydrogen-bond donors (Lipinski definition) is 1. The van der Waals surface area contributed by atoms with Gasteiger partial charge in [-0.05, 0) is 49.8 Å². The Labute approximate surface area is 166 Å². The zero-order chi connectivity index (χ0) is 21.6. The van der Waals surface area contributed by atoms with Gasteiger partial charge in [-0.1, -0.05) is 18.2 Å². The van der Waals surface area contributed by atoms with Crippen LogP contribution in [0.3, 0.4) is 0 Å². The highest BCUT2D eigenvalue weighted by atomic mass is 19.4. The summed E-state index contributed by atoms with van der Waals surface area (Å²) in [5.41, 5.74) is -1.27. The minimum atomic E-state index is -4.65. The summed E-state index contributed by atoms with van der Waals surface area (Å²) in [6, 6.07) is 9.32. The molecule has 0 fully saturated rings. The normalized spacial score (nSPS) is 11.7. The van der Waals surface area contributed by atoms with Crippen molar-refractivity contribution in [1.82, 2.24) is 0 Å². The number of methoxy groups -OCH3 is 1. The smallest absolute Gasteiger partial charge is 0.418 e. The molecule has 0 aliphatic heterocycles. The van der Waals surface area contributed by atoms with Crippen LogP contribution in [0, 0.1) is 0 Å². The summed E-state index contributed by atoms with van der Waals surface area (Å²) in [6.07, 6.45) is -3.36. The Morgan fingerprint density at radius 3 is 2.38 bits per heavy atom. The van der Waals surface area contributed by atoms with Crippen LogP contribution in [0.1, 0.15) is 25.0 Å². The fraction of sp³-hybridized carbons (Fsp3) is 0.238. The number of para-hydroxylation sites is 1. The molecule has 0 heterocycles. The van der Waals surface area contributed by atoms with Crippen molar-refractivity contribution in [3.8, 4) is 11.5 Å². The lowest BCUT2D eigenvalue weighted by molar-refractivity contribution is -0.137. The molecule has 0 aliphatic carbocycles. The van der Waals surface area contributed by atoms with Crippen LogP contribution in [-0.2, 0) is 15.8 Å². The average Bonchev–Trinajstić information content (AvgIpc) is 2.66. The fourth-order valence-corrected chi connectivity index (χ4v) is 2.57. The van der Waals surface area contributed by atoms with E-state index in [0.29, 0.717) is 23.7 Å². The molecule has 0 aliphatic rings. The van der Waals surface area contributed by atoms with Crippen molar-refractivity contribution in [2.45, 2.75) is 20.0 Å². The molecule has 0 spiro atoms. The van der Waals surface area contributed by atoms with Gasteiger partial charge in [-0.15, -0.1) is 0 Å². The van der Waals surface area contributed by atoms with Gasteiger partial charge in [0.05, 0.1) is 30.5 Å². The van der Waals surface area contributed by atoms with E-state index >= 15 is 0 Å². The topological polar surface area (TPSA) is 64.6 Å². The van der Waals surface area contributed by atoms with Gasteiger partial charge in [0.1, 0.15) is 0 Å². The highest BCUT2D eigenvalue weighted by Crippen LogP contribution is 2.35. The molecule has 1 N–H and O–H groups in total. The van der Waals surface area contributed by atoms with Gasteiger partial charge in [0, 0.05) is 0 Å². The predicted octanol–water partition coefficient (Wildman–Crippen LogP) is 4.72. The van der Waals surface area contributed by atoms with Gasteiger partial charge < -0.3 is 14.8 Å². The second kappa shape index (κ2) is 9.27. The van der Waals surface area contributed by atoms with Crippen molar-refractivity contribution < 1.29 is 32.2 Å². The van der Waals surface area contributed by atoms with E-state index in [1.54, 1.807) is 25.1 Å². The molecule has 8 heteroatoms. The van der Waals surface area contributed by atoms with E-state index in [2.05, 4.69) is 5.32 Å². The molecule has 0 unspecified atom stereocenters. The number of ketones is 1. The Kier molecular flexibility index (Phi) is 7.03. The minimum absolute atomic E-state index is 0.297. The Bertz CT molecular complexity index is 936. The van der Waals surface area contributed by atoms with Crippen LogP contribution in [0.15, 0.2) is 48.0 Å². The van der Waals surface area contributed by atoms with Gasteiger partial charge >= 0.3 is 6.18 Å². The number of amides is 1. The number of carbonyl (C=O) groups excluding carboxylic acids is 2. The van der Waals surface area contributed by atoms with Crippen LogP contribution in [0.25, 0.3) is 6.08 Å². The third kappa shape index (κ3) is 5.60. The Morgan fingerprint density at radius 1 is 1.10 bits per heavy atom. The number of rotatable bonds is 7. The van der Waals surface area contributed by atoms with E-state index in [1.807, 2.05) is 0 Å². The molecule has 0 bridgehead atoms. The molecule has 2 aromatic rings. The van der Waals surface area contributed by atoms with Crippen molar-refractivity contribution in [2.24, 2.45) is 0 Å². The van der Waals surface area contributed by atoms with Gasteiger partial charge in [0.25, 0.3) is 5.91 Å². The van der Waals surface area contributed by atoms with Gasteiger partial charge in [-0.3, -0.25) is 9.59 Å². The second-order valence-corrected chi connectivity index (χ2v) is 5.95. The molecule has 2 aromatic carbocycles. The maximum atomic E-state index is 13.1. The number of nitrogens with one attached hydrogen (secondary N) is 1. The van der Waals surface area contributed by atoms with Crippen LogP contribution in [0.2, 0.25) is 0 Å². The molecule has 1 amide bonds. The first-order valence-corrected chi connectivity index (χ1v) is 8.68. The van der Waals surface area contributed by atoms with E-state index < -0.39 is 29.1 Å². The lowest BCUT2D eigenvalue weighted by atomic mass is 10.1. The molecule has 0 radical (unpaired) electrons. The average molecular weight is 407 g/mol. The van der Waals surface area contributed by atoms with E-state index in [0.717, 1.165) is 19.1 Å². The number of Topliss-reactive ketones (excluding diaryl/α,β-unsaturated/α-hetero) is 1. The fourth-order valence-electron chi connectivity index (χ4n) is 2.57. The van der Waals surface area contributed by atoms with Gasteiger partial charge in [-0.25, -0.2) is 0 Å². The Balaban J connectivity index is 2.39. The number of anilines is 1. The SMILES string of the molecule is CCOc1cc(/C=C(\C(C)=O)C(=O)Nc2ccccc2C(F)(F)F)ccc1OC. The summed E-state index contributed by atoms with van der Waals surface area (Å²) < 4.78 is 50.0. The third-order valence-electron chi connectivity index (χ3n) is 3.90. The zero-order valence-electron chi connectivity index (χ0n) is 16.1. The summed E-state index contributed by atoms with van der Waals surface area (Å²) in [4.78, 5) is 24.5. The molecule has 2 rings (SSSR count). The van der Waals surface area contributed by atoms with Crippen LogP contribution in [-0.4, -0.2) is 25.4 Å². The standard InChI is InChI=1S/C21H20F3NO4/c1-4-29-19-12-14(9-10-18(19)28-3)11-15(13(2)26)20(27)25-17-8-6-5-7-16(17)21(22,23)24/h5-12H,4H2,1-3H3,(H,25,27)/b15-11+. The quantitative estimate of drug-likeness (QED) is 0.410. The maximum absolute atomic E-state index is 13.1. The van der Waals surface area contributed by atoms with E-state index in [-0.39, 0.29) is 5.57 Å². The minimum Gasteiger partial charge on any atom is -0.493 e. The van der Waals surface area contributed by atoms with Crippen LogP contribution in [0.4, 0.5) is 18.9 Å².